The van der Waals surface area contributed by atoms with Gasteiger partial charge in [0.05, 0.1) is 0 Å². The van der Waals surface area contributed by atoms with Crippen molar-refractivity contribution in [3.05, 3.63) is 0 Å². The van der Waals surface area contributed by atoms with Gasteiger partial charge in [-0.3, -0.25) is 9.59 Å². The van der Waals surface area contributed by atoms with Gasteiger partial charge in [0.25, 0.3) is 0 Å². The molecule has 0 saturated carbocycles. The van der Waals surface area contributed by atoms with E-state index in [1.165, 1.54) is 11.9 Å². The Morgan fingerprint density at radius 3 is 2.43 bits per heavy atom. The van der Waals surface area contributed by atoms with Crippen LogP contribution in [0.4, 0.5) is 0 Å². The summed E-state index contributed by atoms with van der Waals surface area (Å²) in [4.78, 5) is 23.5. The maximum atomic E-state index is 11.1. The highest BCUT2D eigenvalue weighted by Gasteiger charge is 2.13. The lowest BCUT2D eigenvalue weighted by molar-refractivity contribution is -0.131. The first-order valence-corrected chi connectivity index (χ1v) is 4.58. The first-order valence-electron chi connectivity index (χ1n) is 4.58. The first kappa shape index (κ1) is 12.9. The summed E-state index contributed by atoms with van der Waals surface area (Å²) in [5.74, 6) is -0.392. The average Bonchev–Trinajstić information content (AvgIpc) is 2.15. The molecule has 0 aromatic rings. The van der Waals surface area contributed by atoms with Crippen LogP contribution >= 0.6 is 0 Å². The average molecular weight is 202 g/mol. The molecule has 14 heavy (non-hydrogen) atoms. The number of aliphatic hydroxyl groups is 1. The summed E-state index contributed by atoms with van der Waals surface area (Å²) in [7, 11) is 4.82. The van der Waals surface area contributed by atoms with E-state index in [0.717, 1.165) is 0 Å². The lowest BCUT2D eigenvalue weighted by Gasteiger charge is -2.11. The molecule has 0 aliphatic carbocycles. The fourth-order valence-corrected chi connectivity index (χ4v) is 0.968. The van der Waals surface area contributed by atoms with Gasteiger partial charge in [-0.05, 0) is 12.8 Å². The molecule has 0 fully saturated rings. The minimum absolute atomic E-state index is 0.00843. The molecule has 2 N–H and O–H groups in total. The zero-order valence-corrected chi connectivity index (χ0v) is 8.91. The quantitative estimate of drug-likeness (QED) is 0.622. The molecular weight excluding hydrogens is 184 g/mol. The minimum atomic E-state index is -1.00. The Morgan fingerprint density at radius 2 is 2.00 bits per heavy atom. The lowest BCUT2D eigenvalue weighted by atomic mass is 10.1. The van der Waals surface area contributed by atoms with Crippen LogP contribution in [-0.2, 0) is 9.59 Å². The van der Waals surface area contributed by atoms with E-state index in [-0.39, 0.29) is 5.91 Å². The van der Waals surface area contributed by atoms with E-state index in [0.29, 0.717) is 19.3 Å². The minimum Gasteiger partial charge on any atom is -0.383 e. The second kappa shape index (κ2) is 6.37. The van der Waals surface area contributed by atoms with Crippen LogP contribution in [0, 0.1) is 0 Å². The van der Waals surface area contributed by atoms with Crippen molar-refractivity contribution in [1.29, 1.82) is 0 Å². The Bertz CT molecular complexity index is 204. The molecule has 0 rings (SSSR count). The summed E-state index contributed by atoms with van der Waals surface area (Å²) in [6.45, 7) is 0. The molecule has 2 amide bonds. The van der Waals surface area contributed by atoms with Gasteiger partial charge >= 0.3 is 0 Å². The number of amides is 2. The fraction of sp³-hybridized carbons (Fsp3) is 0.778. The largest absolute Gasteiger partial charge is 0.383 e. The maximum Gasteiger partial charge on any atom is 0.248 e. The van der Waals surface area contributed by atoms with Crippen molar-refractivity contribution in [2.24, 2.45) is 0 Å². The van der Waals surface area contributed by atoms with E-state index in [9.17, 15) is 14.7 Å². The summed E-state index contributed by atoms with van der Waals surface area (Å²) in [5.41, 5.74) is 0. The zero-order chi connectivity index (χ0) is 11.1. The third-order valence-corrected chi connectivity index (χ3v) is 1.92. The fourth-order valence-electron chi connectivity index (χ4n) is 0.968. The van der Waals surface area contributed by atoms with E-state index in [2.05, 4.69) is 5.32 Å². The molecule has 82 valence electrons. The summed E-state index contributed by atoms with van der Waals surface area (Å²) in [6, 6.07) is 0. The zero-order valence-electron chi connectivity index (χ0n) is 8.91. The SMILES string of the molecule is CNC(=O)C(O)CCCC(=O)N(C)C. The van der Waals surface area contributed by atoms with Crippen LogP contribution in [0.1, 0.15) is 19.3 Å². The van der Waals surface area contributed by atoms with Gasteiger partial charge in [-0.25, -0.2) is 0 Å². The highest BCUT2D eigenvalue weighted by atomic mass is 16.3. The van der Waals surface area contributed by atoms with Crippen molar-refractivity contribution in [2.45, 2.75) is 25.4 Å². The van der Waals surface area contributed by atoms with Crippen LogP contribution in [0.15, 0.2) is 0 Å². The molecule has 0 bridgehead atoms. The third kappa shape index (κ3) is 4.81. The van der Waals surface area contributed by atoms with Gasteiger partial charge in [-0.1, -0.05) is 0 Å². The normalized spacial score (nSPS) is 12.0. The number of carbonyl (C=O) groups excluding carboxylic acids is 2. The van der Waals surface area contributed by atoms with Gasteiger partial charge in [0.2, 0.25) is 11.8 Å². The Hall–Kier alpha value is -1.10. The van der Waals surface area contributed by atoms with Crippen molar-refractivity contribution in [3.63, 3.8) is 0 Å². The van der Waals surface area contributed by atoms with Crippen LogP contribution in [0.3, 0.4) is 0 Å². The van der Waals surface area contributed by atoms with Gasteiger partial charge in [-0.15, -0.1) is 0 Å². The monoisotopic (exact) mass is 202 g/mol. The highest BCUT2D eigenvalue weighted by molar-refractivity contribution is 5.80. The molecule has 0 spiro atoms. The molecule has 0 saturated heterocycles. The number of likely N-dealkylation sites (N-methyl/N-ethyl adjacent to an activating group) is 1. The molecule has 0 heterocycles. The van der Waals surface area contributed by atoms with Gasteiger partial charge in [0.15, 0.2) is 0 Å². The van der Waals surface area contributed by atoms with E-state index in [1.807, 2.05) is 0 Å². The lowest BCUT2D eigenvalue weighted by Crippen LogP contribution is -2.32. The van der Waals surface area contributed by atoms with Gasteiger partial charge in [0.1, 0.15) is 6.10 Å². The van der Waals surface area contributed by atoms with Crippen LogP contribution in [-0.4, -0.2) is 49.1 Å². The molecule has 0 aromatic heterocycles. The van der Waals surface area contributed by atoms with Crippen molar-refractivity contribution in [3.8, 4) is 0 Å². The second-order valence-electron chi connectivity index (χ2n) is 3.31. The number of nitrogens with one attached hydrogen (secondary N) is 1. The number of hydrogen-bond donors (Lipinski definition) is 2. The molecule has 5 heteroatoms. The standard InChI is InChI=1S/C9H18N2O3/c1-10-9(14)7(12)5-4-6-8(13)11(2)3/h7,12H,4-6H2,1-3H3,(H,10,14). The summed E-state index contributed by atoms with van der Waals surface area (Å²) < 4.78 is 0. The van der Waals surface area contributed by atoms with Crippen LogP contribution < -0.4 is 5.32 Å². The Morgan fingerprint density at radius 1 is 1.43 bits per heavy atom. The number of carbonyl (C=O) groups is 2. The molecule has 1 atom stereocenters. The van der Waals surface area contributed by atoms with E-state index < -0.39 is 12.0 Å². The number of hydrogen-bond acceptors (Lipinski definition) is 3. The third-order valence-electron chi connectivity index (χ3n) is 1.92. The molecular formula is C9H18N2O3. The van der Waals surface area contributed by atoms with Crippen molar-refractivity contribution < 1.29 is 14.7 Å². The van der Waals surface area contributed by atoms with Crippen LogP contribution in [0.5, 0.6) is 0 Å². The topological polar surface area (TPSA) is 69.6 Å². The summed E-state index contributed by atoms with van der Waals surface area (Å²) in [5, 5.41) is 11.6. The van der Waals surface area contributed by atoms with E-state index >= 15 is 0 Å². The predicted molar refractivity (Wildman–Crippen MR) is 52.6 cm³/mol. The van der Waals surface area contributed by atoms with Gasteiger partial charge < -0.3 is 15.3 Å². The number of nitrogens with zero attached hydrogens (tertiary/aromatic N) is 1. The van der Waals surface area contributed by atoms with Crippen molar-refractivity contribution >= 4 is 11.8 Å². The van der Waals surface area contributed by atoms with Crippen LogP contribution in [0.2, 0.25) is 0 Å². The summed E-state index contributed by atoms with van der Waals surface area (Å²) >= 11 is 0. The molecule has 0 radical (unpaired) electrons. The molecule has 5 nitrogen and oxygen atoms in total. The summed E-state index contributed by atoms with van der Waals surface area (Å²) in [6.07, 6.45) is 0.196. The molecule has 0 aromatic carbocycles. The molecule has 1 unspecified atom stereocenters. The van der Waals surface area contributed by atoms with Crippen molar-refractivity contribution in [2.75, 3.05) is 21.1 Å². The maximum absolute atomic E-state index is 11.1. The predicted octanol–water partition coefficient (Wildman–Crippen LogP) is -0.648. The molecule has 0 aliphatic heterocycles. The Balaban J connectivity index is 3.64. The van der Waals surface area contributed by atoms with E-state index in [4.69, 9.17) is 0 Å². The Labute approximate surface area is 84.1 Å². The first-order chi connectivity index (χ1) is 6.49. The van der Waals surface area contributed by atoms with E-state index in [1.54, 1.807) is 14.1 Å². The number of rotatable bonds is 5. The smallest absolute Gasteiger partial charge is 0.248 e. The second-order valence-corrected chi connectivity index (χ2v) is 3.31. The number of aliphatic hydroxyl groups excluding tert-OH is 1. The van der Waals surface area contributed by atoms with Crippen LogP contribution in [0.25, 0.3) is 0 Å². The Kier molecular flexibility index (Phi) is 5.87. The highest BCUT2D eigenvalue weighted by Crippen LogP contribution is 2.02. The molecule has 0 aliphatic rings. The van der Waals surface area contributed by atoms with Gasteiger partial charge in [-0.2, -0.15) is 0 Å². The van der Waals surface area contributed by atoms with Crippen molar-refractivity contribution in [1.82, 2.24) is 10.2 Å². The van der Waals surface area contributed by atoms with Gasteiger partial charge in [0, 0.05) is 27.6 Å².